The minimum atomic E-state index is -0.0525. The van der Waals surface area contributed by atoms with Gasteiger partial charge in [0.2, 0.25) is 5.91 Å². The van der Waals surface area contributed by atoms with Crippen molar-refractivity contribution in [3.8, 4) is 11.3 Å². The zero-order valence-corrected chi connectivity index (χ0v) is 20.9. The van der Waals surface area contributed by atoms with E-state index < -0.39 is 0 Å². The van der Waals surface area contributed by atoms with Crippen molar-refractivity contribution in [1.29, 1.82) is 0 Å². The third kappa shape index (κ3) is 4.49. The Bertz CT molecular complexity index is 1460. The van der Waals surface area contributed by atoms with Crippen LogP contribution in [0.5, 0.6) is 0 Å². The van der Waals surface area contributed by atoms with Gasteiger partial charge in [0, 0.05) is 38.3 Å². The molecule has 0 spiro atoms. The molecule has 0 saturated carbocycles. The fraction of sp³-hybridized carbons (Fsp3) is 0.310. The number of carbonyl (C=O) groups is 1. The monoisotopic (exact) mass is 493 g/mol. The van der Waals surface area contributed by atoms with Gasteiger partial charge < -0.3 is 10.6 Å². The van der Waals surface area contributed by atoms with Crippen LogP contribution in [0.25, 0.3) is 22.3 Å². The molecule has 0 bridgehead atoms. The zero-order valence-electron chi connectivity index (χ0n) is 20.9. The summed E-state index contributed by atoms with van der Waals surface area (Å²) in [5, 5.41) is 5.75. The van der Waals surface area contributed by atoms with E-state index in [-0.39, 0.29) is 11.9 Å². The summed E-state index contributed by atoms with van der Waals surface area (Å²) in [7, 11) is 0. The van der Waals surface area contributed by atoms with Crippen molar-refractivity contribution in [2.75, 3.05) is 25.4 Å². The molecule has 8 heteroatoms. The van der Waals surface area contributed by atoms with Gasteiger partial charge in [-0.1, -0.05) is 55.1 Å². The predicted molar refractivity (Wildman–Crippen MR) is 144 cm³/mol. The lowest BCUT2D eigenvalue weighted by Gasteiger charge is -2.32. The number of nitrogens with zero attached hydrogens (tertiary/aromatic N) is 6. The molecule has 4 heterocycles. The van der Waals surface area contributed by atoms with Gasteiger partial charge in [-0.2, -0.15) is 5.10 Å². The Hall–Kier alpha value is -4.04. The molecule has 2 aromatic carbocycles. The lowest BCUT2D eigenvalue weighted by molar-refractivity contribution is -0.127. The van der Waals surface area contributed by atoms with Gasteiger partial charge in [-0.05, 0) is 42.0 Å². The Morgan fingerprint density at radius 1 is 1.08 bits per heavy atom. The van der Waals surface area contributed by atoms with Crippen LogP contribution in [0.3, 0.4) is 0 Å². The Balaban J connectivity index is 1.27. The maximum absolute atomic E-state index is 12.3. The maximum atomic E-state index is 12.3. The van der Waals surface area contributed by atoms with Crippen molar-refractivity contribution < 1.29 is 4.79 Å². The van der Waals surface area contributed by atoms with Gasteiger partial charge >= 0.3 is 0 Å². The van der Waals surface area contributed by atoms with Crippen LogP contribution in [0.4, 0.5) is 5.82 Å². The fourth-order valence-electron chi connectivity index (χ4n) is 5.65. The molecule has 1 unspecified atom stereocenters. The molecule has 4 aromatic rings. The summed E-state index contributed by atoms with van der Waals surface area (Å²) < 4.78 is 1.93. The molecule has 0 radical (unpaired) electrons. The van der Waals surface area contributed by atoms with E-state index in [4.69, 9.17) is 10.8 Å². The molecule has 6 rings (SSSR count). The normalized spacial score (nSPS) is 18.1. The Morgan fingerprint density at radius 3 is 2.70 bits per heavy atom. The largest absolute Gasteiger partial charge is 0.383 e. The van der Waals surface area contributed by atoms with Gasteiger partial charge in [-0.25, -0.2) is 14.6 Å². The van der Waals surface area contributed by atoms with Crippen LogP contribution in [-0.4, -0.2) is 55.1 Å². The Labute approximate surface area is 216 Å². The topological polar surface area (TPSA) is 93.2 Å². The van der Waals surface area contributed by atoms with E-state index in [1.165, 1.54) is 29.1 Å². The van der Waals surface area contributed by atoms with Gasteiger partial charge in [0.25, 0.3) is 0 Å². The number of hydrogen-bond donors (Lipinski definition) is 1. The number of piperidine rings is 1. The average molecular weight is 494 g/mol. The highest BCUT2D eigenvalue weighted by Gasteiger charge is 2.28. The van der Waals surface area contributed by atoms with E-state index in [0.717, 1.165) is 62.1 Å². The number of aromatic nitrogens is 4. The van der Waals surface area contributed by atoms with Crippen LogP contribution in [0.1, 0.15) is 35.6 Å². The molecule has 8 nitrogen and oxygen atoms in total. The number of fused-ring (bicyclic) bond motifs is 2. The molecule has 188 valence electrons. The highest BCUT2D eigenvalue weighted by molar-refractivity contribution is 5.98. The average Bonchev–Trinajstić information content (AvgIpc) is 3.34. The van der Waals surface area contributed by atoms with Crippen LogP contribution in [-0.2, 0) is 24.3 Å². The van der Waals surface area contributed by atoms with Crippen molar-refractivity contribution in [1.82, 2.24) is 29.5 Å². The molecule has 37 heavy (non-hydrogen) atoms. The molecule has 1 atom stereocenters. The summed E-state index contributed by atoms with van der Waals surface area (Å²) in [6.07, 6.45) is 5.76. The molecular formula is C29H31N7O. The third-order valence-corrected chi connectivity index (χ3v) is 7.59. The smallest absolute Gasteiger partial charge is 0.246 e. The van der Waals surface area contributed by atoms with Crippen LogP contribution < -0.4 is 5.73 Å². The van der Waals surface area contributed by atoms with E-state index >= 15 is 0 Å². The first-order valence-corrected chi connectivity index (χ1v) is 12.9. The summed E-state index contributed by atoms with van der Waals surface area (Å²) in [4.78, 5) is 25.4. The summed E-state index contributed by atoms with van der Waals surface area (Å²) in [5.41, 5.74) is 13.0. The number of hydrogen-bond acceptors (Lipinski definition) is 6. The first kappa shape index (κ1) is 23.4. The lowest BCUT2D eigenvalue weighted by atomic mass is 9.99. The molecule has 2 aliphatic heterocycles. The molecule has 0 aliphatic carbocycles. The van der Waals surface area contributed by atoms with Crippen molar-refractivity contribution in [2.45, 2.75) is 38.4 Å². The summed E-state index contributed by atoms with van der Waals surface area (Å²) in [6, 6.07) is 17.3. The first-order chi connectivity index (χ1) is 18.1. The second kappa shape index (κ2) is 9.78. The fourth-order valence-corrected chi connectivity index (χ4v) is 5.65. The van der Waals surface area contributed by atoms with E-state index in [9.17, 15) is 4.79 Å². The minimum Gasteiger partial charge on any atom is -0.383 e. The molecule has 2 N–H and O–H groups in total. The molecule has 2 aromatic heterocycles. The van der Waals surface area contributed by atoms with Gasteiger partial charge in [-0.3, -0.25) is 9.69 Å². The number of rotatable bonds is 5. The lowest BCUT2D eigenvalue weighted by Crippen LogP contribution is -2.40. The molecule has 1 saturated heterocycles. The van der Waals surface area contributed by atoms with E-state index in [0.29, 0.717) is 18.0 Å². The second-order valence-corrected chi connectivity index (χ2v) is 9.96. The number of anilines is 1. The van der Waals surface area contributed by atoms with E-state index in [1.807, 2.05) is 9.58 Å². The predicted octanol–water partition coefficient (Wildman–Crippen LogP) is 3.98. The van der Waals surface area contributed by atoms with Crippen molar-refractivity contribution >= 4 is 22.8 Å². The number of benzene rings is 2. The molecule has 1 fully saturated rings. The van der Waals surface area contributed by atoms with Crippen molar-refractivity contribution in [2.24, 2.45) is 0 Å². The SMILES string of the molecule is C=CC(=O)N1CCCC(n2nc(-c3ccc(CN4CCc5ccccc5C4)cc3)c3c(N)ncnc32)C1. The third-order valence-electron chi connectivity index (χ3n) is 7.59. The maximum Gasteiger partial charge on any atom is 0.246 e. The van der Waals surface area contributed by atoms with E-state index in [1.54, 1.807) is 0 Å². The summed E-state index contributed by atoms with van der Waals surface area (Å²) in [6.45, 7) is 7.89. The van der Waals surface area contributed by atoms with Crippen LogP contribution >= 0.6 is 0 Å². The molecular weight excluding hydrogens is 462 g/mol. The first-order valence-electron chi connectivity index (χ1n) is 12.9. The minimum absolute atomic E-state index is 0.0180. The van der Waals surface area contributed by atoms with Gasteiger partial charge in [0.05, 0.1) is 11.4 Å². The Kier molecular flexibility index (Phi) is 6.18. The van der Waals surface area contributed by atoms with Crippen molar-refractivity contribution in [3.63, 3.8) is 0 Å². The van der Waals surface area contributed by atoms with E-state index in [2.05, 4.69) is 70.0 Å². The summed E-state index contributed by atoms with van der Waals surface area (Å²) >= 11 is 0. The second-order valence-electron chi connectivity index (χ2n) is 9.96. The highest BCUT2D eigenvalue weighted by atomic mass is 16.2. The zero-order chi connectivity index (χ0) is 25.4. The number of carbonyl (C=O) groups excluding carboxylic acids is 1. The van der Waals surface area contributed by atoms with Crippen LogP contribution in [0.15, 0.2) is 67.5 Å². The van der Waals surface area contributed by atoms with Crippen molar-refractivity contribution in [3.05, 3.63) is 84.2 Å². The Morgan fingerprint density at radius 2 is 1.89 bits per heavy atom. The molecule has 1 amide bonds. The van der Waals surface area contributed by atoms with Gasteiger partial charge in [-0.15, -0.1) is 0 Å². The number of nitrogens with two attached hydrogens (primary N) is 1. The number of likely N-dealkylation sites (tertiary alicyclic amines) is 1. The summed E-state index contributed by atoms with van der Waals surface area (Å²) in [5.74, 6) is 0.362. The van der Waals surface area contributed by atoms with Crippen LogP contribution in [0.2, 0.25) is 0 Å². The number of amides is 1. The van der Waals surface area contributed by atoms with Crippen LogP contribution in [0, 0.1) is 0 Å². The highest BCUT2D eigenvalue weighted by Crippen LogP contribution is 2.34. The standard InChI is InChI=1S/C29H31N7O/c1-2-25(37)35-14-5-8-24(18-35)36-29-26(28(30)31-19-32-29)27(33-36)22-11-9-20(10-12-22)16-34-15-13-21-6-3-4-7-23(21)17-34/h2-4,6-7,9-12,19,24H,1,5,8,13-18H2,(H2,30,31,32). The van der Waals surface area contributed by atoms with Gasteiger partial charge in [0.15, 0.2) is 5.65 Å². The molecule has 2 aliphatic rings. The number of nitrogen functional groups attached to an aromatic ring is 1. The quantitative estimate of drug-likeness (QED) is 0.423. The van der Waals surface area contributed by atoms with Gasteiger partial charge in [0.1, 0.15) is 17.8 Å².